The van der Waals surface area contributed by atoms with E-state index in [1.165, 1.54) is 6.07 Å². The molecule has 0 spiro atoms. The molecule has 0 saturated heterocycles. The first kappa shape index (κ1) is 7.86. The molecule has 0 fully saturated rings. The molecule has 2 rings (SSSR count). The molecule has 3 nitrogen and oxygen atoms in total. The Bertz CT molecular complexity index is 487. The number of hydrogen-bond donors (Lipinski definition) is 1. The average molecular weight is 175 g/mol. The van der Waals surface area contributed by atoms with Crippen molar-refractivity contribution in [2.24, 2.45) is 0 Å². The van der Waals surface area contributed by atoms with Crippen LogP contribution in [0.15, 0.2) is 39.5 Å². The smallest absolute Gasteiger partial charge is 0.197 e. The van der Waals surface area contributed by atoms with Crippen molar-refractivity contribution in [2.75, 3.05) is 12.4 Å². The molecule has 66 valence electrons. The third kappa shape index (κ3) is 1.28. The number of nitrogens with one attached hydrogen (secondary N) is 1. The van der Waals surface area contributed by atoms with E-state index in [4.69, 9.17) is 4.42 Å². The maximum absolute atomic E-state index is 11.5. The highest BCUT2D eigenvalue weighted by Gasteiger charge is 2.01. The number of rotatable bonds is 1. The molecular weight excluding hydrogens is 166 g/mol. The average Bonchev–Trinajstić information content (AvgIpc) is 2.18. The molecule has 1 aromatic heterocycles. The van der Waals surface area contributed by atoms with Crippen LogP contribution >= 0.6 is 0 Å². The van der Waals surface area contributed by atoms with Gasteiger partial charge >= 0.3 is 0 Å². The first-order chi connectivity index (χ1) is 6.31. The molecule has 0 amide bonds. The Balaban J connectivity index is 2.85. The van der Waals surface area contributed by atoms with Gasteiger partial charge in [-0.15, -0.1) is 0 Å². The van der Waals surface area contributed by atoms with Crippen LogP contribution in [-0.2, 0) is 0 Å². The molecule has 0 atom stereocenters. The first-order valence-electron chi connectivity index (χ1n) is 4.02. The molecule has 3 heteroatoms. The third-order valence-electron chi connectivity index (χ3n) is 1.88. The summed E-state index contributed by atoms with van der Waals surface area (Å²) in [5, 5.41) is 3.41. The fourth-order valence-electron chi connectivity index (χ4n) is 1.23. The van der Waals surface area contributed by atoms with E-state index in [1.54, 1.807) is 19.2 Å². The van der Waals surface area contributed by atoms with Gasteiger partial charge in [0.25, 0.3) is 0 Å². The maximum atomic E-state index is 11.5. The van der Waals surface area contributed by atoms with E-state index in [9.17, 15) is 4.79 Å². The van der Waals surface area contributed by atoms with Crippen molar-refractivity contribution < 1.29 is 4.42 Å². The van der Waals surface area contributed by atoms with Gasteiger partial charge in [0.2, 0.25) is 0 Å². The highest BCUT2D eigenvalue weighted by molar-refractivity contribution is 5.77. The molecule has 13 heavy (non-hydrogen) atoms. The number of anilines is 1. The van der Waals surface area contributed by atoms with Crippen molar-refractivity contribution in [2.45, 2.75) is 0 Å². The van der Waals surface area contributed by atoms with Crippen LogP contribution in [0.2, 0.25) is 0 Å². The van der Waals surface area contributed by atoms with Crippen LogP contribution in [0.3, 0.4) is 0 Å². The van der Waals surface area contributed by atoms with Gasteiger partial charge in [0.1, 0.15) is 5.58 Å². The van der Waals surface area contributed by atoms with Gasteiger partial charge in [-0.1, -0.05) is 12.1 Å². The van der Waals surface area contributed by atoms with Gasteiger partial charge in [0, 0.05) is 13.1 Å². The van der Waals surface area contributed by atoms with Gasteiger partial charge in [-0.3, -0.25) is 4.79 Å². The van der Waals surface area contributed by atoms with Gasteiger partial charge in [-0.05, 0) is 12.1 Å². The van der Waals surface area contributed by atoms with Crippen LogP contribution in [0.1, 0.15) is 0 Å². The maximum Gasteiger partial charge on any atom is 0.197 e. The molecule has 0 radical (unpaired) electrons. The minimum absolute atomic E-state index is 0.0220. The van der Waals surface area contributed by atoms with E-state index in [2.05, 4.69) is 5.32 Å². The molecule has 0 saturated carbocycles. The zero-order chi connectivity index (χ0) is 9.26. The molecule has 0 unspecified atom stereocenters. The largest absolute Gasteiger partial charge is 0.441 e. The van der Waals surface area contributed by atoms with E-state index in [1.807, 2.05) is 12.1 Å². The van der Waals surface area contributed by atoms with Gasteiger partial charge < -0.3 is 9.73 Å². The Hall–Kier alpha value is -1.77. The molecular formula is C10H9NO2. The summed E-state index contributed by atoms with van der Waals surface area (Å²) in [5.41, 5.74) is 0.588. The van der Waals surface area contributed by atoms with Gasteiger partial charge in [0.05, 0.1) is 5.39 Å². The van der Waals surface area contributed by atoms with Crippen molar-refractivity contribution in [3.05, 3.63) is 40.6 Å². The van der Waals surface area contributed by atoms with E-state index in [0.29, 0.717) is 16.9 Å². The predicted molar refractivity (Wildman–Crippen MR) is 52.0 cm³/mol. The molecule has 0 aliphatic heterocycles. The summed E-state index contributed by atoms with van der Waals surface area (Å²) in [7, 11) is 1.72. The van der Waals surface area contributed by atoms with Crippen LogP contribution < -0.4 is 10.7 Å². The van der Waals surface area contributed by atoms with Crippen LogP contribution in [0.4, 0.5) is 5.88 Å². The van der Waals surface area contributed by atoms with E-state index >= 15 is 0 Å². The van der Waals surface area contributed by atoms with Crippen LogP contribution in [-0.4, -0.2) is 7.05 Å². The molecule has 1 N–H and O–H groups in total. The Morgan fingerprint density at radius 2 is 2.08 bits per heavy atom. The third-order valence-corrected chi connectivity index (χ3v) is 1.88. The number of fused-ring (bicyclic) bond motifs is 1. The summed E-state index contributed by atoms with van der Waals surface area (Å²) >= 11 is 0. The standard InChI is InChI=1S/C10H9NO2/c1-11-10-6-8(12)7-4-2-3-5-9(7)13-10/h2-6,11H,1H3. The zero-order valence-electron chi connectivity index (χ0n) is 7.20. The van der Waals surface area contributed by atoms with E-state index in [0.717, 1.165) is 0 Å². The lowest BCUT2D eigenvalue weighted by Gasteiger charge is -2.00. The highest BCUT2D eigenvalue weighted by atomic mass is 16.3. The Morgan fingerprint density at radius 3 is 2.85 bits per heavy atom. The molecule has 1 heterocycles. The van der Waals surface area contributed by atoms with Crippen molar-refractivity contribution in [1.29, 1.82) is 0 Å². The molecule has 1 aromatic carbocycles. The van der Waals surface area contributed by atoms with Crippen molar-refractivity contribution in [3.8, 4) is 0 Å². The molecule has 2 aromatic rings. The SMILES string of the molecule is CNc1cc(=O)c2ccccc2o1. The van der Waals surface area contributed by atoms with E-state index in [-0.39, 0.29) is 5.43 Å². The normalized spacial score (nSPS) is 10.2. The fraction of sp³-hybridized carbons (Fsp3) is 0.100. The lowest BCUT2D eigenvalue weighted by Crippen LogP contribution is -2.01. The van der Waals surface area contributed by atoms with Gasteiger partial charge in [-0.25, -0.2) is 0 Å². The summed E-state index contributed by atoms with van der Waals surface area (Å²) in [6.07, 6.45) is 0. The predicted octanol–water partition coefficient (Wildman–Crippen LogP) is 1.83. The lowest BCUT2D eigenvalue weighted by molar-refractivity contribution is 0.619. The summed E-state index contributed by atoms with van der Waals surface area (Å²) in [5.74, 6) is 0.490. The fourth-order valence-corrected chi connectivity index (χ4v) is 1.23. The summed E-state index contributed by atoms with van der Waals surface area (Å²) in [4.78, 5) is 11.5. The zero-order valence-corrected chi connectivity index (χ0v) is 7.20. The van der Waals surface area contributed by atoms with E-state index < -0.39 is 0 Å². The quantitative estimate of drug-likeness (QED) is 0.719. The van der Waals surface area contributed by atoms with Gasteiger partial charge in [-0.2, -0.15) is 0 Å². The Labute approximate surface area is 75.0 Å². The molecule has 0 aliphatic carbocycles. The minimum atomic E-state index is -0.0220. The topological polar surface area (TPSA) is 42.2 Å². The second-order valence-electron chi connectivity index (χ2n) is 2.72. The second kappa shape index (κ2) is 2.94. The highest BCUT2D eigenvalue weighted by Crippen LogP contribution is 2.13. The first-order valence-corrected chi connectivity index (χ1v) is 4.02. The van der Waals surface area contributed by atoms with Crippen LogP contribution in [0.25, 0.3) is 11.0 Å². The minimum Gasteiger partial charge on any atom is -0.441 e. The van der Waals surface area contributed by atoms with Gasteiger partial charge in [0.15, 0.2) is 11.3 Å². The van der Waals surface area contributed by atoms with Crippen LogP contribution in [0, 0.1) is 0 Å². The van der Waals surface area contributed by atoms with Crippen molar-refractivity contribution in [1.82, 2.24) is 0 Å². The molecule has 0 aliphatic rings. The summed E-state index contributed by atoms with van der Waals surface area (Å²) in [6.45, 7) is 0. The van der Waals surface area contributed by atoms with Crippen LogP contribution in [0.5, 0.6) is 0 Å². The summed E-state index contributed by atoms with van der Waals surface area (Å²) in [6, 6.07) is 8.63. The monoisotopic (exact) mass is 175 g/mol. The number of benzene rings is 1. The number of para-hydroxylation sites is 1. The number of hydrogen-bond acceptors (Lipinski definition) is 3. The van der Waals surface area contributed by atoms with Crippen molar-refractivity contribution >= 4 is 16.9 Å². The summed E-state index contributed by atoms with van der Waals surface area (Å²) < 4.78 is 5.38. The second-order valence-corrected chi connectivity index (χ2v) is 2.72. The Morgan fingerprint density at radius 1 is 1.31 bits per heavy atom. The molecule has 0 bridgehead atoms. The Kier molecular flexibility index (Phi) is 1.77. The van der Waals surface area contributed by atoms with Crippen molar-refractivity contribution in [3.63, 3.8) is 0 Å². The lowest BCUT2D eigenvalue weighted by atomic mass is 10.2.